The Labute approximate surface area is 347 Å². The van der Waals surface area contributed by atoms with Crippen LogP contribution in [0.2, 0.25) is 0 Å². The summed E-state index contributed by atoms with van der Waals surface area (Å²) in [5.74, 6) is 1.64. The number of aliphatic hydroxyl groups excluding tert-OH is 1. The number of likely N-dealkylation sites (N-methyl/N-ethyl adjacent to an activating group) is 2. The zero-order chi connectivity index (χ0) is 40.3. The van der Waals surface area contributed by atoms with Gasteiger partial charge in [-0.2, -0.15) is 0 Å². The molecule has 0 unspecified atom stereocenters. The Balaban J connectivity index is 1.20. The lowest BCUT2D eigenvalue weighted by Crippen LogP contribution is -2.44. The predicted octanol–water partition coefficient (Wildman–Crippen LogP) is 7.89. The van der Waals surface area contributed by atoms with E-state index in [9.17, 15) is 0 Å². The first-order valence-corrected chi connectivity index (χ1v) is 21.1. The Morgan fingerprint density at radius 3 is 1.78 bits per heavy atom. The molecule has 2 aromatic heterocycles. The molecule has 1 N–H and O–H groups in total. The van der Waals surface area contributed by atoms with Crippen molar-refractivity contribution in [1.29, 1.82) is 0 Å². The summed E-state index contributed by atoms with van der Waals surface area (Å²) in [6.07, 6.45) is 0. The van der Waals surface area contributed by atoms with Gasteiger partial charge in [0.1, 0.15) is 18.2 Å². The van der Waals surface area contributed by atoms with Gasteiger partial charge in [-0.1, -0.05) is 42.5 Å². The SMILES string of the molecule is CCn1c2ccccc2c2cc(-c3nc(-c4ccc(N5CCN(C)CC5)cc4)c(-c4ccc(N5CCN(C)CC5)cc4)n3-c3ccc(OCCOCCO)cc3)ccc21. The summed E-state index contributed by atoms with van der Waals surface area (Å²) in [5.41, 5.74) is 11.2. The molecule has 0 atom stereocenters. The third-order valence-corrected chi connectivity index (χ3v) is 12.1. The normalized spacial score (nSPS) is 15.5. The molecule has 2 aliphatic rings. The molecule has 7 aromatic rings. The second kappa shape index (κ2) is 17.3. The first-order chi connectivity index (χ1) is 29.0. The number of ether oxygens (including phenoxy) is 2. The highest BCUT2D eigenvalue weighted by molar-refractivity contribution is 6.09. The van der Waals surface area contributed by atoms with Crippen LogP contribution < -0.4 is 14.5 Å². The van der Waals surface area contributed by atoms with Gasteiger partial charge in [-0.05, 0) is 93.8 Å². The van der Waals surface area contributed by atoms with Crippen molar-refractivity contribution in [3.8, 4) is 45.3 Å². The maximum Gasteiger partial charge on any atom is 0.145 e. The van der Waals surface area contributed by atoms with Gasteiger partial charge >= 0.3 is 0 Å². The number of nitrogens with zero attached hydrogens (tertiary/aromatic N) is 7. The fraction of sp³-hybridized carbons (Fsp3) is 0.327. The molecule has 0 amide bonds. The number of aryl methyl sites for hydroxylation is 1. The van der Waals surface area contributed by atoms with Gasteiger partial charge in [0.05, 0.1) is 31.2 Å². The summed E-state index contributed by atoms with van der Waals surface area (Å²) in [6, 6.07) is 41.9. The molecule has 2 aliphatic heterocycles. The van der Waals surface area contributed by atoms with E-state index in [1.807, 2.05) is 12.1 Å². The lowest BCUT2D eigenvalue weighted by Gasteiger charge is -2.34. The van der Waals surface area contributed by atoms with Gasteiger partial charge in [-0.3, -0.25) is 4.57 Å². The van der Waals surface area contributed by atoms with E-state index in [0.717, 1.165) is 104 Å². The molecule has 10 heteroatoms. The van der Waals surface area contributed by atoms with Gasteiger partial charge in [-0.15, -0.1) is 0 Å². The fourth-order valence-electron chi connectivity index (χ4n) is 8.73. The zero-order valence-electron chi connectivity index (χ0n) is 34.6. The Bertz CT molecular complexity index is 2490. The molecule has 2 fully saturated rings. The van der Waals surface area contributed by atoms with Gasteiger partial charge in [-0.25, -0.2) is 4.98 Å². The number of fused-ring (bicyclic) bond motifs is 3. The average Bonchev–Trinajstić information content (AvgIpc) is 3.83. The number of hydrogen-bond acceptors (Lipinski definition) is 8. The van der Waals surface area contributed by atoms with Crippen LogP contribution in [0, 0.1) is 0 Å². The van der Waals surface area contributed by atoms with Gasteiger partial charge in [0.15, 0.2) is 0 Å². The Morgan fingerprint density at radius 1 is 0.576 bits per heavy atom. The summed E-state index contributed by atoms with van der Waals surface area (Å²) in [5, 5.41) is 11.6. The lowest BCUT2D eigenvalue weighted by atomic mass is 10.0. The van der Waals surface area contributed by atoms with Crippen LogP contribution in [-0.4, -0.2) is 122 Å². The standard InChI is InChI=1S/C49H55N7O3/c1-4-55-45-8-6-5-7-43(45)44-35-38(13-22-46(44)55)49-50-47(36-9-14-39(15-10-36)53-27-23-51(2)24-28-53)48(37-11-16-40(17-12-37)54-29-25-52(3)26-30-54)56(49)41-18-20-42(21-19-41)59-34-33-58-32-31-57/h5-22,35,57H,4,23-34H2,1-3H3. The summed E-state index contributed by atoms with van der Waals surface area (Å²) >= 11 is 0. The first-order valence-electron chi connectivity index (χ1n) is 21.1. The maximum atomic E-state index is 9.09. The van der Waals surface area contributed by atoms with E-state index in [2.05, 4.69) is 153 Å². The van der Waals surface area contributed by atoms with Crippen molar-refractivity contribution in [2.45, 2.75) is 13.5 Å². The van der Waals surface area contributed by atoms with Crippen LogP contribution in [0.25, 0.3) is 61.4 Å². The van der Waals surface area contributed by atoms with E-state index >= 15 is 0 Å². The molecule has 0 bridgehead atoms. The van der Waals surface area contributed by atoms with Crippen molar-refractivity contribution in [2.75, 3.05) is 103 Å². The number of para-hydroxylation sites is 1. The van der Waals surface area contributed by atoms with E-state index < -0.39 is 0 Å². The number of benzene rings is 5. The third-order valence-electron chi connectivity index (χ3n) is 12.1. The molecule has 9 rings (SSSR count). The molecule has 0 radical (unpaired) electrons. The number of anilines is 2. The molecule has 59 heavy (non-hydrogen) atoms. The summed E-state index contributed by atoms with van der Waals surface area (Å²) in [6.45, 7) is 12.5. The minimum Gasteiger partial charge on any atom is -0.491 e. The second-order valence-corrected chi connectivity index (χ2v) is 15.8. The minimum atomic E-state index is -0.00116. The maximum absolute atomic E-state index is 9.09. The van der Waals surface area contributed by atoms with Gasteiger partial charge in [0.2, 0.25) is 0 Å². The molecular formula is C49H55N7O3. The molecule has 0 aliphatic carbocycles. The second-order valence-electron chi connectivity index (χ2n) is 15.8. The molecule has 304 valence electrons. The summed E-state index contributed by atoms with van der Waals surface area (Å²) < 4.78 is 16.2. The smallest absolute Gasteiger partial charge is 0.145 e. The van der Waals surface area contributed by atoms with Crippen molar-refractivity contribution >= 4 is 33.2 Å². The highest BCUT2D eigenvalue weighted by Gasteiger charge is 2.25. The highest BCUT2D eigenvalue weighted by atomic mass is 16.5. The molecule has 10 nitrogen and oxygen atoms in total. The van der Waals surface area contributed by atoms with E-state index in [0.29, 0.717) is 19.8 Å². The number of piperazine rings is 2. The van der Waals surface area contributed by atoms with Crippen LogP contribution in [0.1, 0.15) is 6.92 Å². The van der Waals surface area contributed by atoms with Crippen LogP contribution in [0.3, 0.4) is 0 Å². The number of aromatic nitrogens is 3. The molecule has 5 aromatic carbocycles. The van der Waals surface area contributed by atoms with E-state index in [4.69, 9.17) is 19.6 Å². The quantitative estimate of drug-likeness (QED) is 0.118. The molecule has 2 saturated heterocycles. The molecular weight excluding hydrogens is 735 g/mol. The highest BCUT2D eigenvalue weighted by Crippen LogP contribution is 2.41. The lowest BCUT2D eigenvalue weighted by molar-refractivity contribution is 0.0705. The number of imidazole rings is 1. The Hall–Kier alpha value is -5.65. The number of rotatable bonds is 13. The van der Waals surface area contributed by atoms with Crippen LogP contribution in [0.5, 0.6) is 5.75 Å². The van der Waals surface area contributed by atoms with Crippen molar-refractivity contribution in [3.05, 3.63) is 115 Å². The van der Waals surface area contributed by atoms with E-state index in [1.165, 1.54) is 33.2 Å². The van der Waals surface area contributed by atoms with E-state index in [-0.39, 0.29) is 6.61 Å². The fourth-order valence-corrected chi connectivity index (χ4v) is 8.73. The van der Waals surface area contributed by atoms with Crippen LogP contribution in [0.4, 0.5) is 11.4 Å². The zero-order valence-corrected chi connectivity index (χ0v) is 34.6. The van der Waals surface area contributed by atoms with E-state index in [1.54, 1.807) is 0 Å². The summed E-state index contributed by atoms with van der Waals surface area (Å²) in [7, 11) is 4.40. The van der Waals surface area contributed by atoms with Crippen molar-refractivity contribution < 1.29 is 14.6 Å². The minimum absolute atomic E-state index is 0.00116. The van der Waals surface area contributed by atoms with Gasteiger partial charge < -0.3 is 38.7 Å². The molecule has 0 spiro atoms. The van der Waals surface area contributed by atoms with Crippen LogP contribution in [0.15, 0.2) is 115 Å². The predicted molar refractivity (Wildman–Crippen MR) is 241 cm³/mol. The topological polar surface area (TPSA) is 74.4 Å². The average molecular weight is 790 g/mol. The van der Waals surface area contributed by atoms with Crippen molar-refractivity contribution in [3.63, 3.8) is 0 Å². The summed E-state index contributed by atoms with van der Waals surface area (Å²) in [4.78, 5) is 15.4. The molecule has 0 saturated carbocycles. The van der Waals surface area contributed by atoms with Crippen molar-refractivity contribution in [2.24, 2.45) is 0 Å². The first kappa shape index (κ1) is 38.8. The third kappa shape index (κ3) is 7.93. The van der Waals surface area contributed by atoms with Crippen molar-refractivity contribution in [1.82, 2.24) is 23.9 Å². The Kier molecular flexibility index (Phi) is 11.4. The number of aliphatic hydroxyl groups is 1. The van der Waals surface area contributed by atoms with Crippen LogP contribution >= 0.6 is 0 Å². The largest absolute Gasteiger partial charge is 0.491 e. The van der Waals surface area contributed by atoms with Gasteiger partial charge in [0, 0.05) is 114 Å². The molecule has 4 heterocycles. The number of hydrogen-bond donors (Lipinski definition) is 1. The Morgan fingerprint density at radius 2 is 1.15 bits per heavy atom. The van der Waals surface area contributed by atoms with Crippen LogP contribution in [-0.2, 0) is 11.3 Å². The van der Waals surface area contributed by atoms with Gasteiger partial charge in [0.25, 0.3) is 0 Å². The monoisotopic (exact) mass is 789 g/mol.